The summed E-state index contributed by atoms with van der Waals surface area (Å²) < 4.78 is 24.3. The molecule has 24 heavy (non-hydrogen) atoms. The van der Waals surface area contributed by atoms with Crippen LogP contribution in [0.15, 0.2) is 60.7 Å². The maximum Gasteiger partial charge on any atom is 0.237 e. The molecule has 5 heteroatoms. The number of carbonyl (C=O) groups excluding carboxylic acids is 1. The van der Waals surface area contributed by atoms with E-state index in [0.717, 1.165) is 11.1 Å². The van der Waals surface area contributed by atoms with Crippen LogP contribution in [0.2, 0.25) is 0 Å². The van der Waals surface area contributed by atoms with Crippen molar-refractivity contribution in [3.8, 4) is 0 Å². The van der Waals surface area contributed by atoms with Gasteiger partial charge in [-0.25, -0.2) is 8.42 Å². The highest BCUT2D eigenvalue weighted by molar-refractivity contribution is 7.92. The summed E-state index contributed by atoms with van der Waals surface area (Å²) in [5, 5.41) is 0. The van der Waals surface area contributed by atoms with Gasteiger partial charge in [-0.05, 0) is 24.0 Å². The van der Waals surface area contributed by atoms with E-state index in [1.807, 2.05) is 60.7 Å². The van der Waals surface area contributed by atoms with E-state index in [1.54, 1.807) is 7.05 Å². The Kier molecular flexibility index (Phi) is 6.55. The highest BCUT2D eigenvalue weighted by atomic mass is 32.2. The van der Waals surface area contributed by atoms with Gasteiger partial charge in [-0.2, -0.15) is 0 Å². The molecule has 0 spiro atoms. The Labute approximate surface area is 144 Å². The fourth-order valence-electron chi connectivity index (χ4n) is 2.46. The molecular weight excluding hydrogens is 322 g/mol. The van der Waals surface area contributed by atoms with Gasteiger partial charge in [-0.1, -0.05) is 60.7 Å². The predicted molar refractivity (Wildman–Crippen MR) is 96.3 cm³/mol. The van der Waals surface area contributed by atoms with Gasteiger partial charge < -0.3 is 4.90 Å². The normalized spacial score (nSPS) is 11.2. The lowest BCUT2D eigenvalue weighted by Gasteiger charge is -2.17. The molecule has 0 fully saturated rings. The molecular formula is C19H23NO3S. The summed E-state index contributed by atoms with van der Waals surface area (Å²) in [6, 6.07) is 19.3. The molecule has 0 heterocycles. The summed E-state index contributed by atoms with van der Waals surface area (Å²) in [5.41, 5.74) is 2.09. The lowest BCUT2D eigenvalue weighted by molar-refractivity contribution is -0.127. The van der Waals surface area contributed by atoms with Crippen LogP contribution in [0.1, 0.15) is 17.5 Å². The van der Waals surface area contributed by atoms with Gasteiger partial charge in [0.15, 0.2) is 9.84 Å². The molecule has 4 nitrogen and oxygen atoms in total. The van der Waals surface area contributed by atoms with Gasteiger partial charge in [-0.15, -0.1) is 0 Å². The second-order valence-corrected chi connectivity index (χ2v) is 8.10. The summed E-state index contributed by atoms with van der Waals surface area (Å²) in [6.07, 6.45) is 1.23. The molecule has 0 radical (unpaired) electrons. The van der Waals surface area contributed by atoms with Crippen molar-refractivity contribution < 1.29 is 13.2 Å². The fraction of sp³-hybridized carbons (Fsp3) is 0.316. The van der Waals surface area contributed by atoms with E-state index in [0.29, 0.717) is 19.4 Å². The maximum atomic E-state index is 12.1. The average Bonchev–Trinajstić information content (AvgIpc) is 2.56. The number of nitrogens with zero attached hydrogens (tertiary/aromatic N) is 1. The molecule has 0 saturated heterocycles. The third-order valence-corrected chi connectivity index (χ3v) is 5.39. The first-order chi connectivity index (χ1) is 11.5. The van der Waals surface area contributed by atoms with Crippen molar-refractivity contribution in [3.63, 3.8) is 0 Å². The van der Waals surface area contributed by atoms with Crippen LogP contribution in [0.3, 0.4) is 0 Å². The van der Waals surface area contributed by atoms with E-state index in [2.05, 4.69) is 0 Å². The molecule has 0 bridgehead atoms. The van der Waals surface area contributed by atoms with Crippen molar-refractivity contribution in [1.29, 1.82) is 0 Å². The van der Waals surface area contributed by atoms with Crippen molar-refractivity contribution in [1.82, 2.24) is 4.90 Å². The molecule has 0 unspecified atom stereocenters. The van der Waals surface area contributed by atoms with E-state index in [1.165, 1.54) is 4.90 Å². The zero-order valence-electron chi connectivity index (χ0n) is 13.9. The lowest BCUT2D eigenvalue weighted by Crippen LogP contribution is -2.33. The smallest absolute Gasteiger partial charge is 0.237 e. The molecule has 2 rings (SSSR count). The first-order valence-corrected chi connectivity index (χ1v) is 9.81. The van der Waals surface area contributed by atoms with E-state index >= 15 is 0 Å². The summed E-state index contributed by atoms with van der Waals surface area (Å²) in [6.45, 7) is 0.416. The number of hydrogen-bond acceptors (Lipinski definition) is 3. The topological polar surface area (TPSA) is 54.5 Å². The van der Waals surface area contributed by atoms with Crippen LogP contribution in [0.5, 0.6) is 0 Å². The number of carbonyl (C=O) groups is 1. The number of rotatable bonds is 8. The SMILES string of the molecule is CN(Cc1ccccc1)C(=O)CS(=O)(=O)CCCc1ccccc1. The molecule has 0 atom stereocenters. The van der Waals surface area contributed by atoms with Crippen LogP contribution < -0.4 is 0 Å². The molecule has 2 aromatic rings. The van der Waals surface area contributed by atoms with Crippen molar-refractivity contribution in [3.05, 3.63) is 71.8 Å². The summed E-state index contributed by atoms with van der Waals surface area (Å²) in [7, 11) is -1.75. The first kappa shape index (κ1) is 18.2. The fourth-order valence-corrected chi connectivity index (χ4v) is 3.78. The van der Waals surface area contributed by atoms with Gasteiger partial charge in [-0.3, -0.25) is 4.79 Å². The van der Waals surface area contributed by atoms with Gasteiger partial charge in [0, 0.05) is 13.6 Å². The number of amides is 1. The number of sulfone groups is 1. The number of aryl methyl sites for hydroxylation is 1. The zero-order chi connectivity index (χ0) is 17.4. The van der Waals surface area contributed by atoms with Crippen LogP contribution in [-0.2, 0) is 27.6 Å². The molecule has 0 aromatic heterocycles. The number of hydrogen-bond donors (Lipinski definition) is 0. The van der Waals surface area contributed by atoms with Crippen molar-refractivity contribution >= 4 is 15.7 Å². The standard InChI is InChI=1S/C19H23NO3S/c1-20(15-18-11-6-3-7-12-18)19(21)16-24(22,23)14-8-13-17-9-4-2-5-10-17/h2-7,9-12H,8,13-16H2,1H3. The quantitative estimate of drug-likeness (QED) is 0.739. The summed E-state index contributed by atoms with van der Waals surface area (Å²) in [4.78, 5) is 13.6. The Morgan fingerprint density at radius 3 is 2.04 bits per heavy atom. The van der Waals surface area contributed by atoms with Gasteiger partial charge in [0.25, 0.3) is 0 Å². The molecule has 0 saturated carbocycles. The molecule has 0 N–H and O–H groups in total. The second kappa shape index (κ2) is 8.64. The zero-order valence-corrected chi connectivity index (χ0v) is 14.7. The highest BCUT2D eigenvalue weighted by Gasteiger charge is 2.19. The van der Waals surface area contributed by atoms with Gasteiger partial charge in [0.05, 0.1) is 5.75 Å². The van der Waals surface area contributed by atoms with Crippen LogP contribution in [0, 0.1) is 0 Å². The first-order valence-electron chi connectivity index (χ1n) is 7.98. The maximum absolute atomic E-state index is 12.1. The van der Waals surface area contributed by atoms with Gasteiger partial charge in [0.2, 0.25) is 5.91 Å². The van der Waals surface area contributed by atoms with Crippen molar-refractivity contribution in [2.24, 2.45) is 0 Å². The molecule has 1 amide bonds. The third-order valence-electron chi connectivity index (χ3n) is 3.80. The van der Waals surface area contributed by atoms with E-state index in [-0.39, 0.29) is 11.7 Å². The van der Waals surface area contributed by atoms with Crippen LogP contribution >= 0.6 is 0 Å². The molecule has 2 aromatic carbocycles. The van der Waals surface area contributed by atoms with Crippen molar-refractivity contribution in [2.45, 2.75) is 19.4 Å². The Bertz CT molecular complexity index is 743. The average molecular weight is 345 g/mol. The minimum atomic E-state index is -3.38. The predicted octanol–water partition coefficient (Wildman–Crippen LogP) is 2.69. The monoisotopic (exact) mass is 345 g/mol. The minimum Gasteiger partial charge on any atom is -0.341 e. The van der Waals surface area contributed by atoms with E-state index in [9.17, 15) is 13.2 Å². The Balaban J connectivity index is 1.80. The van der Waals surface area contributed by atoms with Crippen LogP contribution in [-0.4, -0.2) is 37.8 Å². The third kappa shape index (κ3) is 6.16. The minimum absolute atomic E-state index is 0.0345. The number of benzene rings is 2. The highest BCUT2D eigenvalue weighted by Crippen LogP contribution is 2.07. The Morgan fingerprint density at radius 2 is 1.46 bits per heavy atom. The molecule has 0 aliphatic heterocycles. The second-order valence-electron chi connectivity index (χ2n) is 5.92. The van der Waals surface area contributed by atoms with Crippen LogP contribution in [0.4, 0.5) is 0 Å². The largest absolute Gasteiger partial charge is 0.341 e. The molecule has 128 valence electrons. The van der Waals surface area contributed by atoms with E-state index < -0.39 is 15.6 Å². The van der Waals surface area contributed by atoms with Gasteiger partial charge >= 0.3 is 0 Å². The Morgan fingerprint density at radius 1 is 0.917 bits per heavy atom. The molecule has 0 aliphatic rings. The van der Waals surface area contributed by atoms with Crippen LogP contribution in [0.25, 0.3) is 0 Å². The van der Waals surface area contributed by atoms with E-state index in [4.69, 9.17) is 0 Å². The molecule has 0 aliphatic carbocycles. The van der Waals surface area contributed by atoms with Gasteiger partial charge in [0.1, 0.15) is 5.75 Å². The summed E-state index contributed by atoms with van der Waals surface area (Å²) >= 11 is 0. The van der Waals surface area contributed by atoms with Crippen molar-refractivity contribution in [2.75, 3.05) is 18.6 Å². The summed E-state index contributed by atoms with van der Waals surface area (Å²) in [5.74, 6) is -0.753. The Hall–Kier alpha value is -2.14. The lowest BCUT2D eigenvalue weighted by atomic mass is 10.1.